The zero-order valence-corrected chi connectivity index (χ0v) is 15.3. The summed E-state index contributed by atoms with van der Waals surface area (Å²) >= 11 is 0. The van der Waals surface area contributed by atoms with Crippen molar-refractivity contribution in [2.24, 2.45) is 4.99 Å². The second-order valence-corrected chi connectivity index (χ2v) is 6.10. The van der Waals surface area contributed by atoms with E-state index in [4.69, 9.17) is 4.74 Å². The van der Waals surface area contributed by atoms with E-state index in [2.05, 4.69) is 34.4 Å². The Morgan fingerprint density at radius 3 is 2.65 bits per heavy atom. The molecule has 0 saturated carbocycles. The Morgan fingerprint density at radius 2 is 2.10 bits per heavy atom. The van der Waals surface area contributed by atoms with Gasteiger partial charge in [0.15, 0.2) is 5.96 Å². The molecule has 6 heteroatoms. The first-order valence-corrected chi connectivity index (χ1v) is 7.42. The molecule has 118 valence electrons. The number of guanidine groups is 1. The second-order valence-electron chi connectivity index (χ2n) is 6.10. The van der Waals surface area contributed by atoms with Gasteiger partial charge < -0.3 is 15.4 Å². The summed E-state index contributed by atoms with van der Waals surface area (Å²) in [4.78, 5) is 7.01. The van der Waals surface area contributed by atoms with Crippen molar-refractivity contribution in [2.45, 2.75) is 44.8 Å². The van der Waals surface area contributed by atoms with Crippen LogP contribution in [0.1, 0.15) is 33.1 Å². The maximum atomic E-state index is 5.44. The van der Waals surface area contributed by atoms with E-state index in [-0.39, 0.29) is 29.5 Å². The van der Waals surface area contributed by atoms with Gasteiger partial charge in [-0.15, -0.1) is 24.0 Å². The van der Waals surface area contributed by atoms with Crippen LogP contribution in [0.4, 0.5) is 0 Å². The lowest BCUT2D eigenvalue weighted by Crippen LogP contribution is -2.56. The number of piperidine rings is 1. The lowest BCUT2D eigenvalue weighted by Gasteiger charge is -2.43. The number of halogens is 1. The third-order valence-corrected chi connectivity index (χ3v) is 4.22. The predicted molar refractivity (Wildman–Crippen MR) is 94.0 cm³/mol. The van der Waals surface area contributed by atoms with Crippen LogP contribution in [0.15, 0.2) is 4.99 Å². The van der Waals surface area contributed by atoms with Crippen LogP contribution in [0.5, 0.6) is 0 Å². The summed E-state index contributed by atoms with van der Waals surface area (Å²) < 4.78 is 5.44. The maximum absolute atomic E-state index is 5.44. The highest BCUT2D eigenvalue weighted by molar-refractivity contribution is 14.0. The van der Waals surface area contributed by atoms with Gasteiger partial charge in [-0.2, -0.15) is 0 Å². The SMILES string of the molecule is COC1CCN(C(C)(C)CNC2=NCCCN2)CC1.I. The molecular weight excluding hydrogens is 367 g/mol. The Balaban J connectivity index is 0.00000200. The molecule has 0 atom stereocenters. The van der Waals surface area contributed by atoms with Crippen LogP contribution in [-0.2, 0) is 4.74 Å². The molecule has 1 saturated heterocycles. The van der Waals surface area contributed by atoms with Crippen LogP contribution < -0.4 is 10.6 Å². The fourth-order valence-electron chi connectivity index (χ4n) is 2.76. The third-order valence-electron chi connectivity index (χ3n) is 4.22. The highest BCUT2D eigenvalue weighted by Crippen LogP contribution is 2.21. The van der Waals surface area contributed by atoms with Crippen molar-refractivity contribution >= 4 is 29.9 Å². The van der Waals surface area contributed by atoms with Gasteiger partial charge in [-0.3, -0.25) is 9.89 Å². The zero-order chi connectivity index (χ0) is 13.7. The number of ether oxygens (including phenoxy) is 1. The van der Waals surface area contributed by atoms with Gasteiger partial charge >= 0.3 is 0 Å². The highest BCUT2D eigenvalue weighted by atomic mass is 127. The quantitative estimate of drug-likeness (QED) is 0.707. The number of hydrogen-bond donors (Lipinski definition) is 2. The molecule has 2 heterocycles. The minimum absolute atomic E-state index is 0. The lowest BCUT2D eigenvalue weighted by molar-refractivity contribution is 0.00778. The number of rotatable bonds is 4. The Hall–Kier alpha value is -0.0800. The molecule has 1 fully saturated rings. The van der Waals surface area contributed by atoms with Gasteiger partial charge in [-0.05, 0) is 33.1 Å². The number of nitrogens with zero attached hydrogens (tertiary/aromatic N) is 2. The Morgan fingerprint density at radius 1 is 1.40 bits per heavy atom. The summed E-state index contributed by atoms with van der Waals surface area (Å²) in [6.07, 6.45) is 3.86. The van der Waals surface area contributed by atoms with Crippen LogP contribution in [0, 0.1) is 0 Å². The molecule has 0 aromatic rings. The van der Waals surface area contributed by atoms with E-state index < -0.39 is 0 Å². The van der Waals surface area contributed by atoms with Crippen molar-refractivity contribution in [2.75, 3.05) is 39.8 Å². The van der Waals surface area contributed by atoms with Gasteiger partial charge in [0.2, 0.25) is 0 Å². The summed E-state index contributed by atoms with van der Waals surface area (Å²) in [6.45, 7) is 9.74. The van der Waals surface area contributed by atoms with E-state index >= 15 is 0 Å². The first kappa shape index (κ1) is 18.0. The van der Waals surface area contributed by atoms with Gasteiger partial charge in [0, 0.05) is 45.4 Å². The number of aliphatic imine (C=N–C) groups is 1. The van der Waals surface area contributed by atoms with Crippen molar-refractivity contribution in [3.05, 3.63) is 0 Å². The van der Waals surface area contributed by atoms with Crippen molar-refractivity contribution in [1.29, 1.82) is 0 Å². The number of nitrogens with one attached hydrogen (secondary N) is 2. The zero-order valence-electron chi connectivity index (χ0n) is 12.9. The van der Waals surface area contributed by atoms with E-state index in [0.29, 0.717) is 6.10 Å². The molecule has 0 radical (unpaired) electrons. The molecule has 0 aromatic carbocycles. The molecule has 20 heavy (non-hydrogen) atoms. The van der Waals surface area contributed by atoms with Gasteiger partial charge in [0.1, 0.15) is 0 Å². The summed E-state index contributed by atoms with van der Waals surface area (Å²) in [5.41, 5.74) is 0.153. The van der Waals surface area contributed by atoms with Gasteiger partial charge in [-0.1, -0.05) is 0 Å². The molecule has 5 nitrogen and oxygen atoms in total. The van der Waals surface area contributed by atoms with Crippen LogP contribution in [0.2, 0.25) is 0 Å². The number of hydrogen-bond acceptors (Lipinski definition) is 5. The van der Waals surface area contributed by atoms with E-state index in [1.807, 2.05) is 7.11 Å². The van der Waals surface area contributed by atoms with E-state index in [0.717, 1.165) is 57.9 Å². The molecule has 0 spiro atoms. The fraction of sp³-hybridized carbons (Fsp3) is 0.929. The minimum atomic E-state index is 0. The lowest BCUT2D eigenvalue weighted by atomic mass is 9.97. The van der Waals surface area contributed by atoms with E-state index in [1.165, 1.54) is 0 Å². The summed E-state index contributed by atoms with van der Waals surface area (Å²) in [5, 5.41) is 6.76. The minimum Gasteiger partial charge on any atom is -0.381 e. The van der Waals surface area contributed by atoms with Crippen LogP contribution in [0.3, 0.4) is 0 Å². The number of likely N-dealkylation sites (tertiary alicyclic amines) is 1. The highest BCUT2D eigenvalue weighted by Gasteiger charge is 2.30. The van der Waals surface area contributed by atoms with Gasteiger partial charge in [0.05, 0.1) is 6.10 Å². The van der Waals surface area contributed by atoms with Crippen LogP contribution >= 0.6 is 24.0 Å². The van der Waals surface area contributed by atoms with E-state index in [1.54, 1.807) is 0 Å². The second kappa shape index (κ2) is 8.38. The molecule has 0 aliphatic carbocycles. The third kappa shape index (κ3) is 5.04. The van der Waals surface area contributed by atoms with Crippen LogP contribution in [-0.4, -0.2) is 62.3 Å². The molecule has 0 aromatic heterocycles. The molecule has 2 N–H and O–H groups in total. The largest absolute Gasteiger partial charge is 0.381 e. The van der Waals surface area contributed by atoms with Crippen LogP contribution in [0.25, 0.3) is 0 Å². The van der Waals surface area contributed by atoms with Crippen molar-refractivity contribution in [3.63, 3.8) is 0 Å². The number of methoxy groups -OCH3 is 1. The monoisotopic (exact) mass is 396 g/mol. The normalized spacial score (nSPS) is 21.6. The average Bonchev–Trinajstić information content (AvgIpc) is 2.46. The van der Waals surface area contributed by atoms with Crippen molar-refractivity contribution < 1.29 is 4.74 Å². The maximum Gasteiger partial charge on any atom is 0.191 e. The Kier molecular flexibility index (Phi) is 7.53. The molecule has 2 aliphatic rings. The predicted octanol–water partition coefficient (Wildman–Crippen LogP) is 1.43. The molecule has 0 unspecified atom stereocenters. The summed E-state index contributed by atoms with van der Waals surface area (Å²) in [7, 11) is 1.82. The molecule has 0 amide bonds. The molecular formula is C14H29IN4O. The van der Waals surface area contributed by atoms with Gasteiger partial charge in [-0.25, -0.2) is 0 Å². The first-order chi connectivity index (χ1) is 9.12. The topological polar surface area (TPSA) is 48.9 Å². The summed E-state index contributed by atoms with van der Waals surface area (Å²) in [5.74, 6) is 0.964. The van der Waals surface area contributed by atoms with E-state index in [9.17, 15) is 0 Å². The Labute approximate surface area is 139 Å². The molecule has 2 rings (SSSR count). The fourth-order valence-corrected chi connectivity index (χ4v) is 2.76. The van der Waals surface area contributed by atoms with Crippen molar-refractivity contribution in [1.82, 2.24) is 15.5 Å². The average molecular weight is 396 g/mol. The van der Waals surface area contributed by atoms with Crippen molar-refractivity contribution in [3.8, 4) is 0 Å². The standard InChI is InChI=1S/C14H28N4O.HI/c1-14(2,11-17-13-15-7-4-8-16-13)18-9-5-12(19-3)6-10-18;/h12H,4-11H2,1-3H3,(H2,15,16,17);1H. The Bertz CT molecular complexity index is 314. The smallest absolute Gasteiger partial charge is 0.191 e. The summed E-state index contributed by atoms with van der Waals surface area (Å²) in [6, 6.07) is 0. The molecule has 2 aliphatic heterocycles. The van der Waals surface area contributed by atoms with Gasteiger partial charge in [0.25, 0.3) is 0 Å². The first-order valence-electron chi connectivity index (χ1n) is 7.42. The molecule has 0 bridgehead atoms.